The van der Waals surface area contributed by atoms with Gasteiger partial charge in [-0.25, -0.2) is 0 Å². The number of ether oxygens (including phenoxy) is 2. The van der Waals surface area contributed by atoms with Crippen molar-refractivity contribution in [2.45, 2.75) is 26.7 Å². The first kappa shape index (κ1) is 13.9. The van der Waals surface area contributed by atoms with Crippen molar-refractivity contribution in [3.63, 3.8) is 0 Å². The fourth-order valence-corrected chi connectivity index (χ4v) is 2.58. The van der Waals surface area contributed by atoms with Crippen LogP contribution in [0.1, 0.15) is 26.0 Å². The number of nitrogens with one attached hydrogen (secondary N) is 1. The molecule has 0 fully saturated rings. The summed E-state index contributed by atoms with van der Waals surface area (Å²) in [6.07, 6.45) is 1.80. The molecule has 0 amide bonds. The fourth-order valence-electron chi connectivity index (χ4n) is 2.58. The van der Waals surface area contributed by atoms with E-state index in [4.69, 9.17) is 20.3 Å². The molecule has 0 spiro atoms. The quantitative estimate of drug-likeness (QED) is 0.671. The highest BCUT2D eigenvalue weighted by molar-refractivity contribution is 5.93. The van der Waals surface area contributed by atoms with Gasteiger partial charge in [-0.05, 0) is 24.5 Å². The number of nitrogens with zero attached hydrogens (tertiary/aromatic N) is 1. The molecule has 21 heavy (non-hydrogen) atoms. The SMILES string of the molecule is CC(C)Cc1cc(NN)c2cc3c(cc2n1)OCCCO3. The van der Waals surface area contributed by atoms with Gasteiger partial charge in [0, 0.05) is 23.6 Å². The van der Waals surface area contributed by atoms with Gasteiger partial charge < -0.3 is 14.9 Å². The zero-order valence-electron chi connectivity index (χ0n) is 12.5. The maximum absolute atomic E-state index is 5.73. The monoisotopic (exact) mass is 287 g/mol. The second-order valence-electron chi connectivity index (χ2n) is 5.77. The molecule has 0 saturated heterocycles. The Morgan fingerprint density at radius 2 is 1.90 bits per heavy atom. The molecule has 112 valence electrons. The molecule has 1 aliphatic heterocycles. The number of nitrogen functional groups attached to an aromatic ring is 1. The number of fused-ring (bicyclic) bond motifs is 2. The molecule has 0 atom stereocenters. The lowest BCUT2D eigenvalue weighted by Gasteiger charge is -2.13. The van der Waals surface area contributed by atoms with E-state index in [0.717, 1.165) is 46.6 Å². The number of hydrogen-bond acceptors (Lipinski definition) is 5. The summed E-state index contributed by atoms with van der Waals surface area (Å²) >= 11 is 0. The van der Waals surface area contributed by atoms with E-state index in [1.165, 1.54) is 0 Å². The van der Waals surface area contributed by atoms with E-state index in [2.05, 4.69) is 19.3 Å². The maximum atomic E-state index is 5.73. The number of benzene rings is 1. The third-order valence-corrected chi connectivity index (χ3v) is 3.50. The molecule has 3 N–H and O–H groups in total. The first-order valence-electron chi connectivity index (χ1n) is 7.37. The summed E-state index contributed by atoms with van der Waals surface area (Å²) in [5, 5.41) is 0.953. The standard InChI is InChI=1S/C16H21N3O2/c1-10(2)6-11-7-14(19-17)12-8-15-16(9-13(12)18-11)21-5-3-4-20-15/h7-10H,3-6,17H2,1-2H3,(H,18,19). The van der Waals surface area contributed by atoms with Gasteiger partial charge in [0.2, 0.25) is 0 Å². The lowest BCUT2D eigenvalue weighted by molar-refractivity contribution is 0.297. The van der Waals surface area contributed by atoms with Crippen molar-refractivity contribution in [1.29, 1.82) is 0 Å². The Labute approximate surface area is 124 Å². The van der Waals surface area contributed by atoms with E-state index in [1.807, 2.05) is 18.2 Å². The molecule has 5 heteroatoms. The molecule has 0 saturated carbocycles. The summed E-state index contributed by atoms with van der Waals surface area (Å²) in [5.74, 6) is 7.74. The lowest BCUT2D eigenvalue weighted by Crippen LogP contribution is -2.09. The molecule has 2 heterocycles. The van der Waals surface area contributed by atoms with Crippen LogP contribution in [-0.4, -0.2) is 18.2 Å². The van der Waals surface area contributed by atoms with E-state index >= 15 is 0 Å². The summed E-state index contributed by atoms with van der Waals surface area (Å²) in [6, 6.07) is 5.91. The van der Waals surface area contributed by atoms with E-state index in [9.17, 15) is 0 Å². The average molecular weight is 287 g/mol. The van der Waals surface area contributed by atoms with Gasteiger partial charge in [-0.15, -0.1) is 0 Å². The van der Waals surface area contributed by atoms with Crippen LogP contribution in [-0.2, 0) is 6.42 Å². The third-order valence-electron chi connectivity index (χ3n) is 3.50. The summed E-state index contributed by atoms with van der Waals surface area (Å²) in [5.41, 5.74) is 5.54. The number of anilines is 1. The predicted octanol–water partition coefficient (Wildman–Crippen LogP) is 2.88. The van der Waals surface area contributed by atoms with E-state index in [1.54, 1.807) is 0 Å². The van der Waals surface area contributed by atoms with Crippen molar-refractivity contribution in [3.05, 3.63) is 23.9 Å². The van der Waals surface area contributed by atoms with Crippen LogP contribution in [0.25, 0.3) is 10.9 Å². The van der Waals surface area contributed by atoms with Gasteiger partial charge in [0.1, 0.15) is 0 Å². The Hall–Kier alpha value is -2.01. The Morgan fingerprint density at radius 1 is 1.19 bits per heavy atom. The van der Waals surface area contributed by atoms with Gasteiger partial charge in [0.15, 0.2) is 11.5 Å². The van der Waals surface area contributed by atoms with Crippen molar-refractivity contribution in [1.82, 2.24) is 4.98 Å². The summed E-state index contributed by atoms with van der Waals surface area (Å²) < 4.78 is 11.5. The molecule has 1 aliphatic rings. The Kier molecular flexibility index (Phi) is 3.84. The third kappa shape index (κ3) is 2.88. The average Bonchev–Trinajstić information content (AvgIpc) is 2.68. The van der Waals surface area contributed by atoms with Crippen LogP contribution in [0.3, 0.4) is 0 Å². The van der Waals surface area contributed by atoms with E-state index in [0.29, 0.717) is 19.1 Å². The van der Waals surface area contributed by atoms with Crippen LogP contribution in [0.2, 0.25) is 0 Å². The molecular formula is C16H21N3O2. The van der Waals surface area contributed by atoms with Crippen LogP contribution in [0.5, 0.6) is 11.5 Å². The molecular weight excluding hydrogens is 266 g/mol. The Morgan fingerprint density at radius 3 is 2.57 bits per heavy atom. The summed E-state index contributed by atoms with van der Waals surface area (Å²) in [7, 11) is 0. The minimum atomic E-state index is 0.543. The largest absolute Gasteiger partial charge is 0.490 e. The number of rotatable bonds is 3. The predicted molar refractivity (Wildman–Crippen MR) is 83.7 cm³/mol. The highest BCUT2D eigenvalue weighted by Crippen LogP contribution is 2.36. The number of aromatic nitrogens is 1. The normalized spacial score (nSPS) is 14.3. The number of hydrazine groups is 1. The van der Waals surface area contributed by atoms with Crippen molar-refractivity contribution >= 4 is 16.6 Å². The number of hydrogen-bond donors (Lipinski definition) is 2. The molecule has 2 aromatic rings. The Bertz CT molecular complexity index is 656. The van der Waals surface area contributed by atoms with Crippen molar-refractivity contribution in [3.8, 4) is 11.5 Å². The van der Waals surface area contributed by atoms with Crippen molar-refractivity contribution < 1.29 is 9.47 Å². The zero-order valence-corrected chi connectivity index (χ0v) is 12.5. The first-order valence-corrected chi connectivity index (χ1v) is 7.37. The van der Waals surface area contributed by atoms with E-state index < -0.39 is 0 Å². The minimum absolute atomic E-state index is 0.543. The highest BCUT2D eigenvalue weighted by Gasteiger charge is 2.15. The topological polar surface area (TPSA) is 69.4 Å². The molecule has 0 bridgehead atoms. The van der Waals surface area contributed by atoms with Crippen LogP contribution in [0, 0.1) is 5.92 Å². The first-order chi connectivity index (χ1) is 10.2. The maximum Gasteiger partial charge on any atom is 0.163 e. The molecule has 0 unspecified atom stereocenters. The van der Waals surface area contributed by atoms with Gasteiger partial charge in [0.25, 0.3) is 0 Å². The molecule has 1 aromatic carbocycles. The molecule has 0 radical (unpaired) electrons. The van der Waals surface area contributed by atoms with Gasteiger partial charge >= 0.3 is 0 Å². The smallest absolute Gasteiger partial charge is 0.163 e. The minimum Gasteiger partial charge on any atom is -0.490 e. The van der Waals surface area contributed by atoms with Crippen molar-refractivity contribution in [2.24, 2.45) is 11.8 Å². The van der Waals surface area contributed by atoms with Crippen LogP contribution >= 0.6 is 0 Å². The molecule has 5 nitrogen and oxygen atoms in total. The highest BCUT2D eigenvalue weighted by atomic mass is 16.5. The van der Waals surface area contributed by atoms with Gasteiger partial charge in [0.05, 0.1) is 24.4 Å². The van der Waals surface area contributed by atoms with Crippen LogP contribution < -0.4 is 20.7 Å². The van der Waals surface area contributed by atoms with Gasteiger partial charge in [-0.3, -0.25) is 10.8 Å². The van der Waals surface area contributed by atoms with Crippen LogP contribution in [0.15, 0.2) is 18.2 Å². The van der Waals surface area contributed by atoms with Gasteiger partial charge in [-0.2, -0.15) is 0 Å². The second kappa shape index (κ2) is 5.77. The summed E-state index contributed by atoms with van der Waals surface area (Å²) in [6.45, 7) is 5.69. The second-order valence-corrected chi connectivity index (χ2v) is 5.77. The van der Waals surface area contributed by atoms with Gasteiger partial charge in [-0.1, -0.05) is 13.8 Å². The number of pyridine rings is 1. The Balaban J connectivity index is 2.13. The zero-order chi connectivity index (χ0) is 14.8. The fraction of sp³-hybridized carbons (Fsp3) is 0.438. The molecule has 1 aromatic heterocycles. The lowest BCUT2D eigenvalue weighted by atomic mass is 10.1. The molecule has 0 aliphatic carbocycles. The van der Waals surface area contributed by atoms with Crippen molar-refractivity contribution in [2.75, 3.05) is 18.6 Å². The van der Waals surface area contributed by atoms with Crippen LogP contribution in [0.4, 0.5) is 5.69 Å². The van der Waals surface area contributed by atoms with E-state index in [-0.39, 0.29) is 0 Å². The number of nitrogens with two attached hydrogens (primary N) is 1. The molecule has 3 rings (SSSR count). The summed E-state index contributed by atoms with van der Waals surface area (Å²) in [4.78, 5) is 4.73.